The van der Waals surface area contributed by atoms with Gasteiger partial charge in [0, 0.05) is 6.04 Å². The van der Waals surface area contributed by atoms with E-state index in [-0.39, 0.29) is 24.1 Å². The van der Waals surface area contributed by atoms with Crippen molar-refractivity contribution in [1.82, 2.24) is 4.90 Å². The molecule has 0 bridgehead atoms. The van der Waals surface area contributed by atoms with Crippen molar-refractivity contribution in [3.63, 3.8) is 0 Å². The van der Waals surface area contributed by atoms with Crippen LogP contribution in [0.2, 0.25) is 0 Å². The summed E-state index contributed by atoms with van der Waals surface area (Å²) in [6, 6.07) is 13.2. The van der Waals surface area contributed by atoms with Crippen LogP contribution in [0.15, 0.2) is 48.5 Å². The lowest BCUT2D eigenvalue weighted by Gasteiger charge is -2.37. The highest BCUT2D eigenvalue weighted by Gasteiger charge is 2.35. The van der Waals surface area contributed by atoms with E-state index in [1.807, 2.05) is 11.8 Å². The maximum atomic E-state index is 13.7. The smallest absolute Gasteiger partial charge is 0.417 e. The van der Waals surface area contributed by atoms with Crippen LogP contribution in [-0.2, 0) is 17.4 Å². The molecule has 150 valence electrons. The maximum Gasteiger partial charge on any atom is 0.417 e. The van der Waals surface area contributed by atoms with Gasteiger partial charge in [0.1, 0.15) is 0 Å². The second kappa shape index (κ2) is 8.35. The van der Waals surface area contributed by atoms with Crippen molar-refractivity contribution in [3.05, 3.63) is 59.7 Å². The zero-order valence-corrected chi connectivity index (χ0v) is 15.7. The van der Waals surface area contributed by atoms with Gasteiger partial charge < -0.3 is 5.11 Å². The lowest BCUT2D eigenvalue weighted by Crippen LogP contribution is -2.43. The first-order chi connectivity index (χ1) is 13.3. The molecule has 0 amide bonds. The molecule has 1 aliphatic heterocycles. The molecule has 3 rings (SSSR count). The van der Waals surface area contributed by atoms with E-state index in [0.717, 1.165) is 18.9 Å². The van der Waals surface area contributed by atoms with Crippen molar-refractivity contribution in [3.8, 4) is 11.1 Å². The molecule has 1 saturated heterocycles. The molecule has 2 unspecified atom stereocenters. The van der Waals surface area contributed by atoms with Gasteiger partial charge >= 0.3 is 12.1 Å². The molecule has 0 aliphatic carbocycles. The van der Waals surface area contributed by atoms with E-state index >= 15 is 0 Å². The average Bonchev–Trinajstić information content (AvgIpc) is 2.63. The lowest BCUT2D eigenvalue weighted by molar-refractivity contribution is -0.139. The first-order valence-electron chi connectivity index (χ1n) is 9.46. The Morgan fingerprint density at radius 2 is 1.86 bits per heavy atom. The Balaban J connectivity index is 1.88. The minimum Gasteiger partial charge on any atom is -0.480 e. The molecule has 2 atom stereocenters. The number of piperidine rings is 1. The number of aliphatic carboxylic acids is 1. The van der Waals surface area contributed by atoms with E-state index in [4.69, 9.17) is 5.11 Å². The molecule has 0 saturated carbocycles. The number of hydrogen-bond donors (Lipinski definition) is 1. The van der Waals surface area contributed by atoms with Crippen molar-refractivity contribution < 1.29 is 23.1 Å². The number of nitrogens with zero attached hydrogens (tertiary/aromatic N) is 1. The highest BCUT2D eigenvalue weighted by molar-refractivity contribution is 5.72. The van der Waals surface area contributed by atoms with Gasteiger partial charge in [0.2, 0.25) is 0 Å². The number of benzene rings is 2. The molecule has 1 aliphatic rings. The Kier molecular flexibility index (Phi) is 6.08. The third kappa shape index (κ3) is 4.73. The van der Waals surface area contributed by atoms with E-state index in [1.54, 1.807) is 36.4 Å². The summed E-state index contributed by atoms with van der Waals surface area (Å²) in [5.74, 6) is -0.625. The zero-order valence-electron chi connectivity index (χ0n) is 15.7. The van der Waals surface area contributed by atoms with Crippen LogP contribution in [-0.4, -0.2) is 35.1 Å². The van der Waals surface area contributed by atoms with Crippen LogP contribution in [0, 0.1) is 5.92 Å². The van der Waals surface area contributed by atoms with Gasteiger partial charge in [-0.1, -0.05) is 42.5 Å². The van der Waals surface area contributed by atoms with E-state index in [2.05, 4.69) is 0 Å². The summed E-state index contributed by atoms with van der Waals surface area (Å²) in [6.07, 6.45) is -2.31. The van der Waals surface area contributed by atoms with Gasteiger partial charge in [-0.15, -0.1) is 0 Å². The predicted molar refractivity (Wildman–Crippen MR) is 102 cm³/mol. The molecular weight excluding hydrogens is 367 g/mol. The van der Waals surface area contributed by atoms with E-state index in [0.29, 0.717) is 24.1 Å². The molecule has 1 N–H and O–H groups in total. The standard InChI is InChI=1S/C22H24F3NO2/c1-15-12-16(10-11-26(15)14-20(27)28)13-18-8-5-9-19(22(23,24)25)21(18)17-6-3-2-4-7-17/h2-9,15-16H,10-14H2,1H3,(H,27,28). The maximum absolute atomic E-state index is 13.7. The Hall–Kier alpha value is -2.34. The molecule has 1 fully saturated rings. The molecule has 0 aromatic heterocycles. The molecule has 2 aromatic rings. The van der Waals surface area contributed by atoms with E-state index < -0.39 is 17.7 Å². The molecular formula is C22H24F3NO2. The molecule has 28 heavy (non-hydrogen) atoms. The zero-order chi connectivity index (χ0) is 20.3. The Morgan fingerprint density at radius 1 is 1.14 bits per heavy atom. The minimum absolute atomic E-state index is 0.00666. The predicted octanol–water partition coefficient (Wildman–Crippen LogP) is 5.10. The minimum atomic E-state index is -4.42. The second-order valence-corrected chi connectivity index (χ2v) is 7.51. The van der Waals surface area contributed by atoms with Gasteiger partial charge in [-0.3, -0.25) is 9.69 Å². The SMILES string of the molecule is CC1CC(Cc2cccc(C(F)(F)F)c2-c2ccccc2)CCN1CC(=O)O. The Morgan fingerprint density at radius 3 is 2.46 bits per heavy atom. The summed E-state index contributed by atoms with van der Waals surface area (Å²) in [5.41, 5.74) is 0.926. The van der Waals surface area contributed by atoms with Crippen LogP contribution in [0.25, 0.3) is 11.1 Å². The Labute approximate surface area is 162 Å². The number of carbonyl (C=O) groups is 1. The lowest BCUT2D eigenvalue weighted by atomic mass is 9.83. The van der Waals surface area contributed by atoms with Crippen molar-refractivity contribution in [2.24, 2.45) is 5.92 Å². The highest BCUT2D eigenvalue weighted by atomic mass is 19.4. The van der Waals surface area contributed by atoms with Crippen LogP contribution in [0.3, 0.4) is 0 Å². The van der Waals surface area contributed by atoms with Gasteiger partial charge in [0.15, 0.2) is 0 Å². The molecule has 2 aromatic carbocycles. The van der Waals surface area contributed by atoms with E-state index in [1.165, 1.54) is 6.07 Å². The highest BCUT2D eigenvalue weighted by Crippen LogP contribution is 2.40. The summed E-state index contributed by atoms with van der Waals surface area (Å²) in [7, 11) is 0. The van der Waals surface area contributed by atoms with Crippen LogP contribution < -0.4 is 0 Å². The fourth-order valence-corrected chi connectivity index (χ4v) is 4.18. The van der Waals surface area contributed by atoms with Crippen LogP contribution in [0.1, 0.15) is 30.9 Å². The van der Waals surface area contributed by atoms with Crippen molar-refractivity contribution in [2.75, 3.05) is 13.1 Å². The number of rotatable bonds is 5. The fraction of sp³-hybridized carbons (Fsp3) is 0.409. The summed E-state index contributed by atoms with van der Waals surface area (Å²) in [6.45, 7) is 2.64. The third-order valence-corrected chi connectivity index (χ3v) is 5.49. The van der Waals surface area contributed by atoms with Gasteiger partial charge in [-0.2, -0.15) is 13.2 Å². The van der Waals surface area contributed by atoms with Gasteiger partial charge in [-0.05, 0) is 61.4 Å². The summed E-state index contributed by atoms with van der Waals surface area (Å²) in [5, 5.41) is 9.01. The topological polar surface area (TPSA) is 40.5 Å². The molecule has 6 heteroatoms. The van der Waals surface area contributed by atoms with Gasteiger partial charge in [-0.25, -0.2) is 0 Å². The number of halogens is 3. The third-order valence-electron chi connectivity index (χ3n) is 5.49. The number of carboxylic acids is 1. The fourth-order valence-electron chi connectivity index (χ4n) is 4.18. The van der Waals surface area contributed by atoms with Crippen molar-refractivity contribution >= 4 is 5.97 Å². The monoisotopic (exact) mass is 391 g/mol. The molecule has 0 spiro atoms. The number of alkyl halides is 3. The quantitative estimate of drug-likeness (QED) is 0.771. The first-order valence-corrected chi connectivity index (χ1v) is 9.46. The van der Waals surface area contributed by atoms with Crippen molar-refractivity contribution in [1.29, 1.82) is 0 Å². The molecule has 3 nitrogen and oxygen atoms in total. The molecule has 0 radical (unpaired) electrons. The molecule has 1 heterocycles. The van der Waals surface area contributed by atoms with Gasteiger partial charge in [0.05, 0.1) is 12.1 Å². The second-order valence-electron chi connectivity index (χ2n) is 7.51. The summed E-state index contributed by atoms with van der Waals surface area (Å²) >= 11 is 0. The van der Waals surface area contributed by atoms with Gasteiger partial charge in [0.25, 0.3) is 0 Å². The van der Waals surface area contributed by atoms with Crippen molar-refractivity contribution in [2.45, 2.75) is 38.4 Å². The Bertz CT molecular complexity index is 820. The average molecular weight is 391 g/mol. The number of likely N-dealkylation sites (tertiary alicyclic amines) is 1. The number of carboxylic acid groups (broad SMARTS) is 1. The van der Waals surface area contributed by atoms with Crippen LogP contribution in [0.4, 0.5) is 13.2 Å². The largest absolute Gasteiger partial charge is 0.480 e. The number of hydrogen-bond acceptors (Lipinski definition) is 2. The van der Waals surface area contributed by atoms with Crippen LogP contribution in [0.5, 0.6) is 0 Å². The summed E-state index contributed by atoms with van der Waals surface area (Å²) in [4.78, 5) is 12.9. The van der Waals surface area contributed by atoms with E-state index in [9.17, 15) is 18.0 Å². The normalized spacial score (nSPS) is 20.9. The van der Waals surface area contributed by atoms with Crippen LogP contribution >= 0.6 is 0 Å². The first kappa shape index (κ1) is 20.4. The summed E-state index contributed by atoms with van der Waals surface area (Å²) < 4.78 is 41.0.